The second kappa shape index (κ2) is 8.60. The molecule has 7 heteroatoms. The van der Waals surface area contributed by atoms with Crippen LogP contribution < -0.4 is 5.32 Å². The van der Waals surface area contributed by atoms with Crippen molar-refractivity contribution in [2.45, 2.75) is 51.2 Å². The summed E-state index contributed by atoms with van der Waals surface area (Å²) in [5.74, 6) is 0.613. The van der Waals surface area contributed by atoms with Gasteiger partial charge in [0, 0.05) is 5.56 Å². The van der Waals surface area contributed by atoms with Crippen LogP contribution in [0, 0.1) is 0 Å². The number of aromatic nitrogens is 2. The number of nitrogens with one attached hydrogen (secondary N) is 1. The molecule has 0 aliphatic carbocycles. The first-order valence-electron chi connectivity index (χ1n) is 10.3. The van der Waals surface area contributed by atoms with Gasteiger partial charge in [-0.05, 0) is 61.4 Å². The highest BCUT2D eigenvalue weighted by Crippen LogP contribution is 2.35. The van der Waals surface area contributed by atoms with Crippen molar-refractivity contribution < 1.29 is 17.7 Å². The largest absolute Gasteiger partial charge is 0.416 e. The third kappa shape index (κ3) is 4.56. The van der Waals surface area contributed by atoms with E-state index in [1.165, 1.54) is 11.6 Å². The average molecular weight is 415 g/mol. The van der Waals surface area contributed by atoms with Crippen LogP contribution in [0.4, 0.5) is 13.2 Å². The number of aryl methyl sites for hydroxylation is 3. The third-order valence-electron chi connectivity index (χ3n) is 5.59. The Hall–Kier alpha value is -2.67. The van der Waals surface area contributed by atoms with Crippen molar-refractivity contribution in [3.05, 3.63) is 70.6 Å². The van der Waals surface area contributed by atoms with Crippen LogP contribution >= 0.6 is 0 Å². The van der Waals surface area contributed by atoms with Crippen LogP contribution in [-0.2, 0) is 25.4 Å². The number of hydrogen-bond acceptors (Lipinski definition) is 4. The van der Waals surface area contributed by atoms with Gasteiger partial charge in [-0.25, -0.2) is 0 Å². The molecule has 2 aromatic carbocycles. The fraction of sp³-hybridized carbons (Fsp3) is 0.391. The Labute approximate surface area is 173 Å². The number of halogens is 3. The van der Waals surface area contributed by atoms with E-state index < -0.39 is 11.7 Å². The van der Waals surface area contributed by atoms with Crippen molar-refractivity contribution in [1.29, 1.82) is 0 Å². The molecule has 0 saturated carbocycles. The maximum absolute atomic E-state index is 13.7. The van der Waals surface area contributed by atoms with Gasteiger partial charge in [-0.15, -0.1) is 0 Å². The van der Waals surface area contributed by atoms with Crippen LogP contribution in [0.25, 0.3) is 11.4 Å². The molecular weight excluding hydrogens is 391 g/mol. The SMILES string of the molecule is CCc1ccc(CCc2ccc(-c3noc(C4CCCN4)n3)cc2C(F)(F)F)cc1. The van der Waals surface area contributed by atoms with Crippen molar-refractivity contribution in [2.75, 3.05) is 6.54 Å². The summed E-state index contributed by atoms with van der Waals surface area (Å²) < 4.78 is 46.5. The zero-order valence-corrected chi connectivity index (χ0v) is 16.8. The summed E-state index contributed by atoms with van der Waals surface area (Å²) in [5.41, 5.74) is 2.18. The zero-order valence-electron chi connectivity index (χ0n) is 16.8. The Bertz CT molecular complexity index is 990. The molecule has 0 bridgehead atoms. The van der Waals surface area contributed by atoms with Gasteiger partial charge in [-0.3, -0.25) is 0 Å². The number of hydrogen-bond donors (Lipinski definition) is 1. The third-order valence-corrected chi connectivity index (χ3v) is 5.59. The maximum atomic E-state index is 13.7. The number of alkyl halides is 3. The van der Waals surface area contributed by atoms with Crippen molar-refractivity contribution in [3.8, 4) is 11.4 Å². The number of benzene rings is 2. The molecule has 1 N–H and O–H groups in total. The van der Waals surface area contributed by atoms with Gasteiger partial charge >= 0.3 is 6.18 Å². The molecule has 1 unspecified atom stereocenters. The van der Waals surface area contributed by atoms with Crippen LogP contribution in [0.5, 0.6) is 0 Å². The van der Waals surface area contributed by atoms with E-state index in [4.69, 9.17) is 4.52 Å². The van der Waals surface area contributed by atoms with Crippen LogP contribution in [0.3, 0.4) is 0 Å². The van der Waals surface area contributed by atoms with E-state index in [-0.39, 0.29) is 17.4 Å². The fourth-order valence-corrected chi connectivity index (χ4v) is 3.81. The van der Waals surface area contributed by atoms with Crippen molar-refractivity contribution in [3.63, 3.8) is 0 Å². The zero-order chi connectivity index (χ0) is 21.1. The molecule has 0 radical (unpaired) electrons. The van der Waals surface area contributed by atoms with E-state index in [2.05, 4.69) is 22.4 Å². The quantitative estimate of drug-likeness (QED) is 0.575. The van der Waals surface area contributed by atoms with E-state index >= 15 is 0 Å². The lowest BCUT2D eigenvalue weighted by atomic mass is 9.96. The summed E-state index contributed by atoms with van der Waals surface area (Å²) in [6, 6.07) is 12.3. The van der Waals surface area contributed by atoms with Gasteiger partial charge in [0.25, 0.3) is 0 Å². The molecule has 1 aliphatic heterocycles. The predicted molar refractivity (Wildman–Crippen MR) is 108 cm³/mol. The van der Waals surface area contributed by atoms with Crippen molar-refractivity contribution in [2.24, 2.45) is 0 Å². The molecule has 0 amide bonds. The Kier molecular flexibility index (Phi) is 5.90. The van der Waals surface area contributed by atoms with Crippen LogP contribution in [0.2, 0.25) is 0 Å². The van der Waals surface area contributed by atoms with Gasteiger partial charge in [0.15, 0.2) is 0 Å². The number of rotatable bonds is 6. The summed E-state index contributed by atoms with van der Waals surface area (Å²) in [6.07, 6.45) is -0.758. The predicted octanol–water partition coefficient (Wildman–Crippen LogP) is 5.53. The smallest absolute Gasteiger partial charge is 0.337 e. The highest BCUT2D eigenvalue weighted by Gasteiger charge is 2.34. The minimum absolute atomic E-state index is 0.0216. The summed E-state index contributed by atoms with van der Waals surface area (Å²) in [7, 11) is 0. The van der Waals surface area contributed by atoms with Crippen LogP contribution in [-0.4, -0.2) is 16.7 Å². The van der Waals surface area contributed by atoms with E-state index in [9.17, 15) is 13.2 Å². The van der Waals surface area contributed by atoms with Gasteiger partial charge in [0.1, 0.15) is 0 Å². The van der Waals surface area contributed by atoms with Crippen molar-refractivity contribution in [1.82, 2.24) is 15.5 Å². The average Bonchev–Trinajstić information content (AvgIpc) is 3.43. The highest BCUT2D eigenvalue weighted by atomic mass is 19.4. The summed E-state index contributed by atoms with van der Waals surface area (Å²) >= 11 is 0. The molecular formula is C23H24F3N3O. The van der Waals surface area contributed by atoms with E-state index in [1.807, 2.05) is 24.3 Å². The molecule has 0 spiro atoms. The monoisotopic (exact) mass is 415 g/mol. The first-order chi connectivity index (χ1) is 14.4. The molecule has 1 aromatic heterocycles. The second-order valence-electron chi connectivity index (χ2n) is 7.64. The lowest BCUT2D eigenvalue weighted by molar-refractivity contribution is -0.138. The molecule has 30 heavy (non-hydrogen) atoms. The first kappa shape index (κ1) is 20.6. The molecule has 4 rings (SSSR count). The van der Waals surface area contributed by atoms with E-state index in [1.54, 1.807) is 6.07 Å². The topological polar surface area (TPSA) is 51.0 Å². The van der Waals surface area contributed by atoms with Crippen LogP contribution in [0.15, 0.2) is 47.0 Å². The van der Waals surface area contributed by atoms with Gasteiger partial charge < -0.3 is 9.84 Å². The maximum Gasteiger partial charge on any atom is 0.416 e. The Morgan fingerprint density at radius 3 is 2.50 bits per heavy atom. The summed E-state index contributed by atoms with van der Waals surface area (Å²) in [4.78, 5) is 4.32. The van der Waals surface area contributed by atoms with Crippen molar-refractivity contribution >= 4 is 0 Å². The van der Waals surface area contributed by atoms with Gasteiger partial charge in [0.2, 0.25) is 11.7 Å². The minimum Gasteiger partial charge on any atom is -0.337 e. The van der Waals surface area contributed by atoms with Gasteiger partial charge in [-0.2, -0.15) is 18.2 Å². The first-order valence-corrected chi connectivity index (χ1v) is 10.3. The molecule has 158 valence electrons. The molecule has 1 aliphatic rings. The molecule has 3 aromatic rings. The molecule has 4 nitrogen and oxygen atoms in total. The standard InChI is InChI=1S/C23H24F3N3O/c1-2-15-5-7-16(8-6-15)9-10-17-11-12-18(14-19(17)23(24,25)26)21-28-22(30-29-21)20-4-3-13-27-20/h5-8,11-12,14,20,27H,2-4,9-10,13H2,1H3. The van der Waals surface area contributed by atoms with E-state index in [0.29, 0.717) is 24.3 Å². The Morgan fingerprint density at radius 1 is 1.07 bits per heavy atom. The summed E-state index contributed by atoms with van der Waals surface area (Å²) in [6.45, 7) is 2.94. The summed E-state index contributed by atoms with van der Waals surface area (Å²) in [5, 5.41) is 7.15. The second-order valence-corrected chi connectivity index (χ2v) is 7.64. The minimum atomic E-state index is -4.45. The van der Waals surface area contributed by atoms with E-state index in [0.717, 1.165) is 37.4 Å². The highest BCUT2D eigenvalue weighted by molar-refractivity contribution is 5.57. The Balaban J connectivity index is 1.56. The normalized spacial score (nSPS) is 16.9. The van der Waals surface area contributed by atoms with Crippen LogP contribution in [0.1, 0.15) is 54.0 Å². The lowest BCUT2D eigenvalue weighted by Crippen LogP contribution is -2.13. The Morgan fingerprint density at radius 2 is 1.83 bits per heavy atom. The fourth-order valence-electron chi connectivity index (χ4n) is 3.81. The molecule has 1 atom stereocenters. The van der Waals surface area contributed by atoms with Gasteiger partial charge in [0.05, 0.1) is 11.6 Å². The molecule has 1 fully saturated rings. The van der Waals surface area contributed by atoms with Gasteiger partial charge in [-0.1, -0.05) is 48.5 Å². The molecule has 2 heterocycles. The number of nitrogens with zero attached hydrogens (tertiary/aromatic N) is 2. The lowest BCUT2D eigenvalue weighted by Gasteiger charge is -2.14. The molecule has 1 saturated heterocycles.